The number of fused-ring (bicyclic) bond motifs is 1. The Hall–Kier alpha value is -1.91. The lowest BCUT2D eigenvalue weighted by Gasteiger charge is -2.15. The molecule has 1 amide bonds. The predicted octanol–water partition coefficient (Wildman–Crippen LogP) is 5.63. The molecule has 1 aliphatic carbocycles. The van der Waals surface area contributed by atoms with E-state index < -0.39 is 5.82 Å². The summed E-state index contributed by atoms with van der Waals surface area (Å²) in [7, 11) is 0. The van der Waals surface area contributed by atoms with Gasteiger partial charge in [-0.3, -0.25) is 4.79 Å². The molecule has 3 rings (SSSR count). The van der Waals surface area contributed by atoms with Crippen molar-refractivity contribution in [3.63, 3.8) is 0 Å². The van der Waals surface area contributed by atoms with Crippen LogP contribution in [0.4, 0.5) is 10.1 Å². The van der Waals surface area contributed by atoms with Gasteiger partial charge in [-0.1, -0.05) is 28.8 Å². The van der Waals surface area contributed by atoms with Crippen LogP contribution in [0.5, 0.6) is 0 Å². The summed E-state index contributed by atoms with van der Waals surface area (Å²) in [4.78, 5) is 16.9. The minimum atomic E-state index is -0.481. The van der Waals surface area contributed by atoms with Gasteiger partial charge < -0.3 is 5.32 Å². The molecule has 146 valence electrons. The lowest BCUT2D eigenvalue weighted by atomic mass is 9.96. The van der Waals surface area contributed by atoms with Crippen molar-refractivity contribution in [2.75, 3.05) is 11.1 Å². The van der Waals surface area contributed by atoms with E-state index in [1.54, 1.807) is 6.07 Å². The molecule has 1 aromatic carbocycles. The van der Waals surface area contributed by atoms with Crippen LogP contribution in [0, 0.1) is 17.1 Å². The van der Waals surface area contributed by atoms with Gasteiger partial charge in [-0.05, 0) is 55.5 Å². The quantitative estimate of drug-likeness (QED) is 0.585. The molecule has 0 saturated heterocycles. The number of pyridine rings is 1. The Morgan fingerprint density at radius 3 is 2.79 bits per heavy atom. The monoisotopic (exact) mass is 461 g/mol. The number of amides is 1. The second kappa shape index (κ2) is 10.0. The van der Waals surface area contributed by atoms with Crippen molar-refractivity contribution < 1.29 is 9.18 Å². The average molecular weight is 462 g/mol. The number of nitrogens with one attached hydrogen (secondary N) is 1. The molecular formula is C21H21BrFN3OS. The Labute approximate surface area is 177 Å². The molecule has 0 spiro atoms. The summed E-state index contributed by atoms with van der Waals surface area (Å²) < 4.78 is 14.4. The van der Waals surface area contributed by atoms with E-state index in [-0.39, 0.29) is 18.0 Å². The molecule has 1 aliphatic rings. The van der Waals surface area contributed by atoms with Gasteiger partial charge in [-0.15, -0.1) is 11.8 Å². The molecule has 0 bridgehead atoms. The van der Waals surface area contributed by atoms with Crippen molar-refractivity contribution in [1.82, 2.24) is 4.98 Å². The molecule has 28 heavy (non-hydrogen) atoms. The molecule has 1 heterocycles. The van der Waals surface area contributed by atoms with Crippen LogP contribution in [0.15, 0.2) is 33.8 Å². The normalized spacial score (nSPS) is 13.8. The molecule has 0 radical (unpaired) electrons. The zero-order valence-electron chi connectivity index (χ0n) is 15.4. The highest BCUT2D eigenvalue weighted by Crippen LogP contribution is 2.27. The number of hydrogen-bond donors (Lipinski definition) is 1. The fourth-order valence-corrected chi connectivity index (χ4v) is 4.45. The molecule has 1 aromatic heterocycles. The number of halogens is 2. The first kappa shape index (κ1) is 20.8. The van der Waals surface area contributed by atoms with Gasteiger partial charge in [0.2, 0.25) is 5.91 Å². The van der Waals surface area contributed by atoms with Crippen molar-refractivity contribution in [3.05, 3.63) is 51.4 Å². The number of anilines is 1. The SMILES string of the molecule is N#Cc1cc2c(nc1SCCC(=O)Nc1ccc(Br)cc1F)CCCCCC2. The fourth-order valence-electron chi connectivity index (χ4n) is 3.20. The predicted molar refractivity (Wildman–Crippen MR) is 113 cm³/mol. The molecule has 7 heteroatoms. The minimum absolute atomic E-state index is 0.162. The van der Waals surface area contributed by atoms with Crippen molar-refractivity contribution in [2.24, 2.45) is 0 Å². The van der Waals surface area contributed by atoms with Gasteiger partial charge in [0.15, 0.2) is 0 Å². The van der Waals surface area contributed by atoms with Crippen molar-refractivity contribution in [1.29, 1.82) is 5.26 Å². The Kier molecular flexibility index (Phi) is 7.46. The van der Waals surface area contributed by atoms with Crippen LogP contribution < -0.4 is 5.32 Å². The topological polar surface area (TPSA) is 65.8 Å². The summed E-state index contributed by atoms with van der Waals surface area (Å²) in [5, 5.41) is 12.7. The highest BCUT2D eigenvalue weighted by molar-refractivity contribution is 9.10. The van der Waals surface area contributed by atoms with Crippen molar-refractivity contribution in [2.45, 2.75) is 50.0 Å². The number of carbonyl (C=O) groups is 1. The molecule has 2 aromatic rings. The van der Waals surface area contributed by atoms with Crippen LogP contribution in [0.3, 0.4) is 0 Å². The summed E-state index contributed by atoms with van der Waals surface area (Å²) in [6.45, 7) is 0. The fraction of sp³-hybridized carbons (Fsp3) is 0.381. The molecule has 0 saturated carbocycles. The number of thioether (sulfide) groups is 1. The van der Waals surface area contributed by atoms with E-state index >= 15 is 0 Å². The van der Waals surface area contributed by atoms with Crippen LogP contribution >= 0.6 is 27.7 Å². The molecule has 0 atom stereocenters. The molecule has 1 N–H and O–H groups in total. The van der Waals surface area contributed by atoms with E-state index in [0.717, 1.165) is 31.4 Å². The third-order valence-electron chi connectivity index (χ3n) is 4.66. The van der Waals surface area contributed by atoms with Gasteiger partial charge in [0.05, 0.1) is 11.3 Å². The van der Waals surface area contributed by atoms with Crippen LogP contribution in [-0.2, 0) is 17.6 Å². The Bertz CT molecular complexity index is 913. The largest absolute Gasteiger partial charge is 0.324 e. The van der Waals surface area contributed by atoms with E-state index in [4.69, 9.17) is 4.98 Å². The smallest absolute Gasteiger partial charge is 0.225 e. The Balaban J connectivity index is 1.61. The molecule has 0 fully saturated rings. The van der Waals surface area contributed by atoms with Crippen LogP contribution in [0.1, 0.15) is 48.9 Å². The Morgan fingerprint density at radius 1 is 1.25 bits per heavy atom. The highest BCUT2D eigenvalue weighted by Gasteiger charge is 2.15. The third kappa shape index (κ3) is 5.55. The second-order valence-corrected chi connectivity index (χ2v) is 8.74. The minimum Gasteiger partial charge on any atom is -0.324 e. The number of aryl methyl sites for hydroxylation is 2. The number of aromatic nitrogens is 1. The van der Waals surface area contributed by atoms with Crippen LogP contribution in [0.2, 0.25) is 0 Å². The van der Waals surface area contributed by atoms with E-state index in [9.17, 15) is 14.4 Å². The maximum Gasteiger partial charge on any atom is 0.225 e. The van der Waals surface area contributed by atoms with Gasteiger partial charge >= 0.3 is 0 Å². The Morgan fingerprint density at radius 2 is 2.04 bits per heavy atom. The maximum absolute atomic E-state index is 13.8. The van der Waals surface area contributed by atoms with Crippen LogP contribution in [-0.4, -0.2) is 16.6 Å². The first-order chi connectivity index (χ1) is 13.6. The molecular weight excluding hydrogens is 441 g/mol. The average Bonchev–Trinajstić information content (AvgIpc) is 2.65. The van der Waals surface area contributed by atoms with E-state index in [0.29, 0.717) is 20.8 Å². The maximum atomic E-state index is 13.8. The number of benzene rings is 1. The molecule has 0 aliphatic heterocycles. The number of carbonyl (C=O) groups excluding carboxylic acids is 1. The van der Waals surface area contributed by atoms with Crippen LogP contribution in [0.25, 0.3) is 0 Å². The van der Waals surface area contributed by atoms with Gasteiger partial charge in [0, 0.05) is 22.3 Å². The lowest BCUT2D eigenvalue weighted by molar-refractivity contribution is -0.115. The zero-order chi connectivity index (χ0) is 19.9. The number of hydrogen-bond acceptors (Lipinski definition) is 4. The molecule has 4 nitrogen and oxygen atoms in total. The van der Waals surface area contributed by atoms with Gasteiger partial charge in [0.25, 0.3) is 0 Å². The number of rotatable bonds is 5. The van der Waals surface area contributed by atoms with E-state index in [1.165, 1.54) is 42.3 Å². The summed E-state index contributed by atoms with van der Waals surface area (Å²) in [5.41, 5.74) is 3.01. The van der Waals surface area contributed by atoms with Gasteiger partial charge in [0.1, 0.15) is 16.9 Å². The lowest BCUT2D eigenvalue weighted by Crippen LogP contribution is -2.13. The standard InChI is InChI=1S/C21H21BrFN3OS/c22-16-7-8-19(17(23)12-16)25-20(27)9-10-28-21-15(13-24)11-14-5-3-1-2-4-6-18(14)26-21/h7-8,11-12H,1-6,9-10H2,(H,25,27). The first-order valence-electron chi connectivity index (χ1n) is 9.37. The highest BCUT2D eigenvalue weighted by atomic mass is 79.9. The first-order valence-corrected chi connectivity index (χ1v) is 11.2. The summed E-state index contributed by atoms with van der Waals surface area (Å²) >= 11 is 4.60. The zero-order valence-corrected chi connectivity index (χ0v) is 17.8. The van der Waals surface area contributed by atoms with E-state index in [2.05, 4.69) is 27.3 Å². The van der Waals surface area contributed by atoms with Crippen molar-refractivity contribution in [3.8, 4) is 6.07 Å². The summed E-state index contributed by atoms with van der Waals surface area (Å²) in [6.07, 6.45) is 6.84. The molecule has 0 unspecified atom stereocenters. The van der Waals surface area contributed by atoms with Gasteiger partial charge in [-0.25, -0.2) is 9.37 Å². The third-order valence-corrected chi connectivity index (χ3v) is 6.15. The van der Waals surface area contributed by atoms with Gasteiger partial charge in [-0.2, -0.15) is 5.26 Å². The summed E-state index contributed by atoms with van der Waals surface area (Å²) in [6, 6.07) is 8.71. The number of nitriles is 1. The van der Waals surface area contributed by atoms with E-state index in [1.807, 2.05) is 6.07 Å². The second-order valence-electron chi connectivity index (χ2n) is 6.74. The summed E-state index contributed by atoms with van der Waals surface area (Å²) in [5.74, 6) is -0.270. The number of nitrogens with zero attached hydrogens (tertiary/aromatic N) is 2. The van der Waals surface area contributed by atoms with Crippen molar-refractivity contribution >= 4 is 39.3 Å².